The number of benzene rings is 4. The highest BCUT2D eigenvalue weighted by Crippen LogP contribution is 2.49. The number of rotatable bonds is 4. The second kappa shape index (κ2) is 8.96. The topological polar surface area (TPSA) is 3.24 Å². The molecule has 6 rings (SSSR count). The van der Waals surface area contributed by atoms with E-state index in [2.05, 4.69) is 140 Å². The van der Waals surface area contributed by atoms with Crippen molar-refractivity contribution >= 4 is 37.4 Å². The molecule has 0 spiro atoms. The minimum absolute atomic E-state index is 0.371. The smallest absolute Gasteiger partial charge is 0.0975 e. The van der Waals surface area contributed by atoms with Crippen LogP contribution >= 0.6 is 31.9 Å². The van der Waals surface area contributed by atoms with Gasteiger partial charge in [-0.25, -0.2) is 0 Å². The molecule has 0 unspecified atom stereocenters. The molecule has 0 saturated heterocycles. The van der Waals surface area contributed by atoms with E-state index in [0.717, 1.165) is 25.9 Å². The summed E-state index contributed by atoms with van der Waals surface area (Å²) in [6, 6.07) is 37.5. The van der Waals surface area contributed by atoms with Crippen LogP contribution < -0.4 is 0 Å². The first-order chi connectivity index (χ1) is 16.7. The van der Waals surface area contributed by atoms with Crippen LogP contribution in [0.25, 0.3) is 5.57 Å². The van der Waals surface area contributed by atoms with E-state index in [0.29, 0.717) is 0 Å². The molecule has 1 aliphatic heterocycles. The van der Waals surface area contributed by atoms with E-state index in [1.54, 1.807) is 5.57 Å². The Balaban J connectivity index is 1.57. The molecule has 0 bridgehead atoms. The molecular formula is C31H25Br2N. The van der Waals surface area contributed by atoms with Gasteiger partial charge in [0.2, 0.25) is 0 Å². The van der Waals surface area contributed by atoms with Gasteiger partial charge in [-0.2, -0.15) is 0 Å². The Kier molecular flexibility index (Phi) is 5.81. The van der Waals surface area contributed by atoms with E-state index in [1.165, 1.54) is 42.3 Å². The lowest BCUT2D eigenvalue weighted by molar-refractivity contribution is 0.174. The molecular weight excluding hydrogens is 546 g/mol. The Morgan fingerprint density at radius 1 is 0.618 bits per heavy atom. The lowest BCUT2D eigenvalue weighted by Gasteiger charge is -2.47. The minimum Gasteiger partial charge on any atom is -0.281 e. The quantitative estimate of drug-likeness (QED) is 0.223. The molecule has 4 aromatic carbocycles. The number of hydrogen-bond acceptors (Lipinski definition) is 1. The molecule has 0 radical (unpaired) electrons. The predicted molar refractivity (Wildman–Crippen MR) is 148 cm³/mol. The zero-order valence-corrected chi connectivity index (χ0v) is 22.0. The summed E-state index contributed by atoms with van der Waals surface area (Å²) < 4.78 is 2.41. The van der Waals surface area contributed by atoms with Gasteiger partial charge >= 0.3 is 0 Å². The second-order valence-electron chi connectivity index (χ2n) is 9.12. The summed E-state index contributed by atoms with van der Waals surface area (Å²) in [4.78, 5) is 2.70. The molecule has 2 aliphatic rings. The van der Waals surface area contributed by atoms with Gasteiger partial charge in [0.05, 0.1) is 5.54 Å². The van der Waals surface area contributed by atoms with E-state index in [9.17, 15) is 0 Å². The van der Waals surface area contributed by atoms with Gasteiger partial charge in [-0.15, -0.1) is 0 Å². The van der Waals surface area contributed by atoms with Crippen molar-refractivity contribution in [2.45, 2.75) is 18.4 Å². The van der Waals surface area contributed by atoms with E-state index in [1.807, 2.05) is 0 Å². The SMILES string of the molecule is Brc1ccc(Br)c2c1CC1=C2CN(C(c2ccccc2)(c2ccccc2)c2ccccc2)CC1. The largest absolute Gasteiger partial charge is 0.281 e. The summed E-state index contributed by atoms with van der Waals surface area (Å²) >= 11 is 7.69. The zero-order valence-electron chi connectivity index (χ0n) is 18.8. The average molecular weight is 571 g/mol. The first-order valence-corrected chi connectivity index (χ1v) is 13.4. The van der Waals surface area contributed by atoms with Crippen LogP contribution in [-0.2, 0) is 12.0 Å². The molecule has 34 heavy (non-hydrogen) atoms. The highest BCUT2D eigenvalue weighted by Gasteiger charge is 2.44. The monoisotopic (exact) mass is 569 g/mol. The minimum atomic E-state index is -0.371. The van der Waals surface area contributed by atoms with Crippen molar-refractivity contribution in [1.29, 1.82) is 0 Å². The Bertz CT molecular complexity index is 1260. The number of nitrogens with zero attached hydrogens (tertiary/aromatic N) is 1. The maximum Gasteiger partial charge on any atom is 0.0975 e. The molecule has 0 amide bonds. The lowest BCUT2D eigenvalue weighted by atomic mass is 9.74. The van der Waals surface area contributed by atoms with E-state index >= 15 is 0 Å². The maximum atomic E-state index is 3.88. The van der Waals surface area contributed by atoms with Crippen molar-refractivity contribution in [1.82, 2.24) is 4.90 Å². The van der Waals surface area contributed by atoms with Gasteiger partial charge in [0.1, 0.15) is 0 Å². The van der Waals surface area contributed by atoms with E-state index in [4.69, 9.17) is 0 Å². The summed E-state index contributed by atoms with van der Waals surface area (Å²) in [6.45, 7) is 1.93. The van der Waals surface area contributed by atoms with Gasteiger partial charge in [-0.3, -0.25) is 4.90 Å². The van der Waals surface area contributed by atoms with Gasteiger partial charge in [-0.05, 0) is 58.4 Å². The fraction of sp³-hybridized carbons (Fsp3) is 0.161. The van der Waals surface area contributed by atoms with Gasteiger partial charge in [0.15, 0.2) is 0 Å². The van der Waals surface area contributed by atoms with Crippen molar-refractivity contribution in [2.75, 3.05) is 13.1 Å². The fourth-order valence-electron chi connectivity index (χ4n) is 5.93. The van der Waals surface area contributed by atoms with Crippen molar-refractivity contribution in [3.8, 4) is 0 Å². The van der Waals surface area contributed by atoms with Crippen molar-refractivity contribution in [3.63, 3.8) is 0 Å². The predicted octanol–water partition coefficient (Wildman–Crippen LogP) is 8.22. The van der Waals surface area contributed by atoms with Gasteiger partial charge in [0, 0.05) is 22.0 Å². The van der Waals surface area contributed by atoms with Crippen LogP contribution in [0.4, 0.5) is 0 Å². The number of halogens is 2. The van der Waals surface area contributed by atoms with Crippen LogP contribution in [0, 0.1) is 0 Å². The molecule has 1 aliphatic carbocycles. The van der Waals surface area contributed by atoms with Crippen LogP contribution in [0.3, 0.4) is 0 Å². The average Bonchev–Trinajstić information content (AvgIpc) is 3.29. The molecule has 0 N–H and O–H groups in total. The van der Waals surface area contributed by atoms with E-state index in [-0.39, 0.29) is 5.54 Å². The summed E-state index contributed by atoms with van der Waals surface area (Å²) in [5.74, 6) is 0. The van der Waals surface area contributed by atoms with Crippen molar-refractivity contribution in [3.05, 3.63) is 145 Å². The lowest BCUT2D eigenvalue weighted by Crippen LogP contribution is -2.50. The zero-order chi connectivity index (χ0) is 23.1. The second-order valence-corrected chi connectivity index (χ2v) is 10.8. The van der Waals surface area contributed by atoms with Gasteiger partial charge in [-0.1, -0.05) is 128 Å². The molecule has 168 valence electrons. The summed E-state index contributed by atoms with van der Waals surface area (Å²) in [5.41, 5.74) is 9.43. The molecule has 1 heterocycles. The van der Waals surface area contributed by atoms with Crippen LogP contribution in [0.1, 0.15) is 34.2 Å². The molecule has 0 fully saturated rings. The van der Waals surface area contributed by atoms with Crippen LogP contribution in [-0.4, -0.2) is 18.0 Å². The Morgan fingerprint density at radius 2 is 1.12 bits per heavy atom. The van der Waals surface area contributed by atoms with Crippen LogP contribution in [0.2, 0.25) is 0 Å². The maximum absolute atomic E-state index is 3.88. The van der Waals surface area contributed by atoms with Crippen molar-refractivity contribution in [2.24, 2.45) is 0 Å². The third-order valence-corrected chi connectivity index (χ3v) is 8.81. The number of fused-ring (bicyclic) bond motifs is 2. The Labute approximate surface area is 218 Å². The summed E-state index contributed by atoms with van der Waals surface area (Å²) in [5, 5.41) is 0. The third-order valence-electron chi connectivity index (χ3n) is 7.41. The Hall–Kier alpha value is -2.46. The standard InChI is InChI=1S/C31H25Br2N/c32-28-16-17-29(33)30-26(28)20-22-18-19-34(21-27(22)30)31(23-10-4-1-5-11-23,24-12-6-2-7-13-24)25-14-8-3-9-15-25/h1-17H,18-21H2. The van der Waals surface area contributed by atoms with E-state index < -0.39 is 0 Å². The molecule has 1 nitrogen and oxygen atoms in total. The van der Waals surface area contributed by atoms with Crippen LogP contribution in [0.15, 0.2) is 118 Å². The normalized spacial score (nSPS) is 15.8. The summed E-state index contributed by atoms with van der Waals surface area (Å²) in [7, 11) is 0. The van der Waals surface area contributed by atoms with Gasteiger partial charge < -0.3 is 0 Å². The Morgan fingerprint density at radius 3 is 1.65 bits per heavy atom. The third kappa shape index (κ3) is 3.45. The first-order valence-electron chi connectivity index (χ1n) is 11.8. The molecule has 4 aromatic rings. The molecule has 0 saturated carbocycles. The number of hydrogen-bond donors (Lipinski definition) is 0. The summed E-state index contributed by atoms with van der Waals surface area (Å²) in [6.07, 6.45) is 2.13. The molecule has 0 atom stereocenters. The highest BCUT2D eigenvalue weighted by molar-refractivity contribution is 9.11. The van der Waals surface area contributed by atoms with Crippen molar-refractivity contribution < 1.29 is 0 Å². The molecule has 0 aromatic heterocycles. The highest BCUT2D eigenvalue weighted by atomic mass is 79.9. The van der Waals surface area contributed by atoms with Crippen LogP contribution in [0.5, 0.6) is 0 Å². The molecule has 3 heteroatoms. The van der Waals surface area contributed by atoms with Gasteiger partial charge in [0.25, 0.3) is 0 Å². The fourth-order valence-corrected chi connectivity index (χ4v) is 7.01. The first kappa shape index (κ1) is 22.0.